The van der Waals surface area contributed by atoms with Gasteiger partial charge in [-0.15, -0.1) is 0 Å². The normalized spacial score (nSPS) is 12.1. The maximum atomic E-state index is 12.9. The van der Waals surface area contributed by atoms with Crippen LogP contribution in [0.2, 0.25) is 0 Å². The number of rotatable bonds is 9. The van der Waals surface area contributed by atoms with Gasteiger partial charge in [0.1, 0.15) is 0 Å². The fourth-order valence-corrected chi connectivity index (χ4v) is 4.53. The number of unbranched alkanes of at least 4 members (excludes halogenated alkanes) is 4. The van der Waals surface area contributed by atoms with Gasteiger partial charge >= 0.3 is 0 Å². The Kier molecular flexibility index (Phi) is 6.33. The van der Waals surface area contributed by atoms with Crippen LogP contribution in [-0.2, 0) is 0 Å². The van der Waals surface area contributed by atoms with Gasteiger partial charge in [0.25, 0.3) is 5.56 Å². The number of hydrogen-bond acceptors (Lipinski definition) is 5. The number of imidazole rings is 1. The molecule has 0 unspecified atom stereocenters. The van der Waals surface area contributed by atoms with Gasteiger partial charge in [-0.1, -0.05) is 62.1 Å². The lowest BCUT2D eigenvalue weighted by Crippen LogP contribution is -2.22. The van der Waals surface area contributed by atoms with Crippen molar-refractivity contribution in [3.8, 4) is 11.5 Å². The van der Waals surface area contributed by atoms with Crippen LogP contribution in [0, 0.1) is 0 Å². The van der Waals surface area contributed by atoms with Crippen LogP contribution in [-0.4, -0.2) is 23.1 Å². The molecule has 0 fully saturated rings. The molecule has 0 amide bonds. The van der Waals surface area contributed by atoms with Gasteiger partial charge in [0, 0.05) is 0 Å². The van der Waals surface area contributed by atoms with Crippen molar-refractivity contribution < 1.29 is 9.47 Å². The van der Waals surface area contributed by atoms with Crippen molar-refractivity contribution in [3.05, 3.63) is 62.9 Å². The molecule has 30 heavy (non-hydrogen) atoms. The summed E-state index contributed by atoms with van der Waals surface area (Å²) in [6, 6.07) is 13.5. The monoisotopic (exact) mass is 422 g/mol. The van der Waals surface area contributed by atoms with Gasteiger partial charge in [-0.25, -0.2) is 9.38 Å². The molecule has 2 aromatic heterocycles. The Hall–Kier alpha value is -2.86. The van der Waals surface area contributed by atoms with E-state index < -0.39 is 0 Å². The second-order valence-corrected chi connectivity index (χ2v) is 8.32. The smallest absolute Gasteiger partial charge is 0.274 e. The summed E-state index contributed by atoms with van der Waals surface area (Å²) in [6.07, 6.45) is 7.88. The molecule has 0 saturated carbocycles. The Morgan fingerprint density at radius 1 is 1.07 bits per heavy atom. The molecule has 4 aromatic rings. The van der Waals surface area contributed by atoms with Crippen molar-refractivity contribution in [1.82, 2.24) is 9.38 Å². The van der Waals surface area contributed by atoms with Crippen LogP contribution >= 0.6 is 11.3 Å². The molecule has 0 N–H and O–H groups in total. The van der Waals surface area contributed by atoms with Crippen molar-refractivity contribution in [2.75, 3.05) is 13.7 Å². The molecule has 0 saturated heterocycles. The number of hydrogen-bond donors (Lipinski definition) is 0. The summed E-state index contributed by atoms with van der Waals surface area (Å²) in [6.45, 7) is 2.90. The predicted molar refractivity (Wildman–Crippen MR) is 123 cm³/mol. The maximum Gasteiger partial charge on any atom is 0.274 e. The Morgan fingerprint density at radius 2 is 1.90 bits per heavy atom. The van der Waals surface area contributed by atoms with Crippen molar-refractivity contribution in [2.45, 2.75) is 39.0 Å². The third-order valence-electron chi connectivity index (χ3n) is 5.14. The number of aromatic nitrogens is 2. The largest absolute Gasteiger partial charge is 0.493 e. The predicted octanol–water partition coefficient (Wildman–Crippen LogP) is 4.81. The second-order valence-electron chi connectivity index (χ2n) is 7.31. The fraction of sp³-hybridized carbons (Fsp3) is 0.333. The molecule has 0 spiro atoms. The third kappa shape index (κ3) is 4.19. The minimum absolute atomic E-state index is 0.0462. The summed E-state index contributed by atoms with van der Waals surface area (Å²) in [5.74, 6) is 1.41. The highest BCUT2D eigenvalue weighted by Gasteiger charge is 2.11. The Bertz CT molecular complexity index is 1260. The zero-order chi connectivity index (χ0) is 20.9. The molecule has 0 radical (unpaired) electrons. The lowest BCUT2D eigenvalue weighted by molar-refractivity contribution is 0.285. The topological polar surface area (TPSA) is 52.8 Å². The Labute approximate surface area is 179 Å². The summed E-state index contributed by atoms with van der Waals surface area (Å²) in [7, 11) is 1.64. The van der Waals surface area contributed by atoms with E-state index in [1.807, 2.05) is 48.5 Å². The minimum atomic E-state index is -0.0462. The van der Waals surface area contributed by atoms with E-state index in [0.29, 0.717) is 21.8 Å². The van der Waals surface area contributed by atoms with Gasteiger partial charge in [0.15, 0.2) is 16.5 Å². The molecule has 5 nitrogen and oxygen atoms in total. The first-order chi connectivity index (χ1) is 14.7. The number of benzene rings is 2. The standard InChI is InChI=1S/C24H26N2O3S/c1-3-4-5-6-9-14-29-20-13-12-17(15-21(20)28-2)16-22-23(27)26-19-11-8-7-10-18(19)25-24(26)30-22/h7-8,10-13,15-16H,3-6,9,14H2,1-2H3. The number of ether oxygens (including phenoxy) is 2. The fourth-order valence-electron chi connectivity index (χ4n) is 3.54. The van der Waals surface area contributed by atoms with E-state index in [1.165, 1.54) is 37.0 Å². The lowest BCUT2D eigenvalue weighted by atomic mass is 10.1. The molecule has 2 heterocycles. The first kappa shape index (κ1) is 20.4. The van der Waals surface area contributed by atoms with Crippen molar-refractivity contribution in [2.24, 2.45) is 0 Å². The van der Waals surface area contributed by atoms with Gasteiger partial charge < -0.3 is 9.47 Å². The van der Waals surface area contributed by atoms with E-state index in [9.17, 15) is 4.79 Å². The zero-order valence-corrected chi connectivity index (χ0v) is 18.2. The summed E-state index contributed by atoms with van der Waals surface area (Å²) < 4.78 is 13.8. The SMILES string of the molecule is CCCCCCCOc1ccc(C=c2sc3nc4ccccc4n3c2=O)cc1OC. The molecular formula is C24H26N2O3S. The third-order valence-corrected chi connectivity index (χ3v) is 6.10. The summed E-state index contributed by atoms with van der Waals surface area (Å²) in [5.41, 5.74) is 2.53. The van der Waals surface area contributed by atoms with Crippen LogP contribution in [0.15, 0.2) is 47.3 Å². The first-order valence-corrected chi connectivity index (χ1v) is 11.3. The average Bonchev–Trinajstić information content (AvgIpc) is 3.27. The van der Waals surface area contributed by atoms with Crippen molar-refractivity contribution in [3.63, 3.8) is 0 Å². The highest BCUT2D eigenvalue weighted by atomic mass is 32.1. The highest BCUT2D eigenvalue weighted by molar-refractivity contribution is 7.15. The first-order valence-electron chi connectivity index (χ1n) is 10.4. The molecule has 2 aromatic carbocycles. The molecule has 0 aliphatic rings. The van der Waals surface area contributed by atoms with Crippen molar-refractivity contribution >= 4 is 33.4 Å². The van der Waals surface area contributed by atoms with E-state index in [0.717, 1.165) is 28.8 Å². The van der Waals surface area contributed by atoms with Gasteiger partial charge in [-0.05, 0) is 42.3 Å². The molecule has 156 valence electrons. The van der Waals surface area contributed by atoms with E-state index in [-0.39, 0.29) is 5.56 Å². The highest BCUT2D eigenvalue weighted by Crippen LogP contribution is 2.28. The maximum absolute atomic E-state index is 12.9. The van der Waals surface area contributed by atoms with E-state index in [2.05, 4.69) is 11.9 Å². The number of nitrogens with zero attached hydrogens (tertiary/aromatic N) is 2. The van der Waals surface area contributed by atoms with Gasteiger partial charge in [0.05, 0.1) is 29.3 Å². The van der Waals surface area contributed by atoms with Crippen LogP contribution < -0.4 is 19.6 Å². The van der Waals surface area contributed by atoms with E-state index in [4.69, 9.17) is 9.47 Å². The quantitative estimate of drug-likeness (QED) is 0.363. The average molecular weight is 423 g/mol. The van der Waals surface area contributed by atoms with Crippen LogP contribution in [0.4, 0.5) is 0 Å². The van der Waals surface area contributed by atoms with E-state index >= 15 is 0 Å². The molecule has 0 aliphatic heterocycles. The summed E-state index contributed by atoms with van der Waals surface area (Å²) >= 11 is 1.40. The summed E-state index contributed by atoms with van der Waals surface area (Å²) in [4.78, 5) is 18.2. The van der Waals surface area contributed by atoms with Crippen LogP contribution in [0.1, 0.15) is 44.6 Å². The zero-order valence-electron chi connectivity index (χ0n) is 17.4. The number of para-hydroxylation sites is 2. The molecule has 6 heteroatoms. The van der Waals surface area contributed by atoms with Crippen molar-refractivity contribution in [1.29, 1.82) is 0 Å². The Morgan fingerprint density at radius 3 is 2.73 bits per heavy atom. The van der Waals surface area contributed by atoms with Gasteiger partial charge in [0.2, 0.25) is 0 Å². The van der Waals surface area contributed by atoms with Crippen LogP contribution in [0.5, 0.6) is 11.5 Å². The van der Waals surface area contributed by atoms with Crippen LogP contribution in [0.25, 0.3) is 22.1 Å². The van der Waals surface area contributed by atoms with Crippen LogP contribution in [0.3, 0.4) is 0 Å². The lowest BCUT2D eigenvalue weighted by Gasteiger charge is -2.11. The molecular weight excluding hydrogens is 396 g/mol. The van der Waals surface area contributed by atoms with Gasteiger partial charge in [-0.2, -0.15) is 0 Å². The minimum Gasteiger partial charge on any atom is -0.493 e. The molecule has 0 atom stereocenters. The molecule has 0 bridgehead atoms. The number of thiazole rings is 1. The van der Waals surface area contributed by atoms with Gasteiger partial charge in [-0.3, -0.25) is 4.79 Å². The molecule has 0 aliphatic carbocycles. The summed E-state index contributed by atoms with van der Waals surface area (Å²) in [5, 5.41) is 0. The Balaban J connectivity index is 1.56. The number of methoxy groups -OCH3 is 1. The number of fused-ring (bicyclic) bond motifs is 3. The van der Waals surface area contributed by atoms with E-state index in [1.54, 1.807) is 11.5 Å². The molecule has 4 rings (SSSR count). The second kappa shape index (κ2) is 9.30.